The van der Waals surface area contributed by atoms with E-state index in [0.717, 1.165) is 18.5 Å². The normalized spacial score (nSPS) is 22.2. The molecule has 0 unspecified atom stereocenters. The predicted molar refractivity (Wildman–Crippen MR) is 80.0 cm³/mol. The van der Waals surface area contributed by atoms with Crippen LogP contribution in [0, 0.1) is 0 Å². The number of ether oxygens (including phenoxy) is 3. The zero-order chi connectivity index (χ0) is 14.5. The molecular weight excluding hydrogens is 256 g/mol. The van der Waals surface area contributed by atoms with Gasteiger partial charge >= 0.3 is 0 Å². The highest BCUT2D eigenvalue weighted by Gasteiger charge is 2.22. The van der Waals surface area contributed by atoms with Crippen LogP contribution in [-0.2, 0) is 0 Å². The molecule has 1 fully saturated rings. The minimum atomic E-state index is 0.197. The first-order chi connectivity index (χ1) is 9.69. The van der Waals surface area contributed by atoms with Gasteiger partial charge in [0.1, 0.15) is 0 Å². The summed E-state index contributed by atoms with van der Waals surface area (Å²) in [7, 11) is 4.84. The molecule has 5 heteroatoms. The molecule has 0 radical (unpaired) electrons. The van der Waals surface area contributed by atoms with Gasteiger partial charge in [0.25, 0.3) is 0 Å². The molecule has 0 aromatic heterocycles. The predicted octanol–water partition coefficient (Wildman–Crippen LogP) is 2.39. The van der Waals surface area contributed by atoms with Crippen molar-refractivity contribution in [3.8, 4) is 17.2 Å². The van der Waals surface area contributed by atoms with Crippen molar-refractivity contribution >= 4 is 5.69 Å². The Balaban J connectivity index is 2.23. The van der Waals surface area contributed by atoms with E-state index < -0.39 is 0 Å². The van der Waals surface area contributed by atoms with E-state index in [1.54, 1.807) is 21.3 Å². The van der Waals surface area contributed by atoms with Crippen LogP contribution in [0.15, 0.2) is 12.1 Å². The molecule has 2 rings (SSSR count). The molecule has 0 bridgehead atoms. The van der Waals surface area contributed by atoms with E-state index in [9.17, 15) is 0 Å². The Morgan fingerprint density at radius 2 is 1.60 bits per heavy atom. The zero-order valence-corrected chi connectivity index (χ0v) is 12.4. The Morgan fingerprint density at radius 3 is 2.10 bits per heavy atom. The van der Waals surface area contributed by atoms with Crippen LogP contribution in [0.25, 0.3) is 0 Å². The summed E-state index contributed by atoms with van der Waals surface area (Å²) in [4.78, 5) is 0. The van der Waals surface area contributed by atoms with E-state index in [-0.39, 0.29) is 6.04 Å². The summed E-state index contributed by atoms with van der Waals surface area (Å²) >= 11 is 0. The maximum atomic E-state index is 6.17. The fourth-order valence-electron chi connectivity index (χ4n) is 2.72. The number of nitrogens with one attached hydrogen (secondary N) is 1. The topological polar surface area (TPSA) is 65.7 Å². The summed E-state index contributed by atoms with van der Waals surface area (Å²) in [6.45, 7) is 0. The molecule has 5 nitrogen and oxygen atoms in total. The Bertz CT molecular complexity index is 426. The van der Waals surface area contributed by atoms with Crippen LogP contribution in [0.5, 0.6) is 17.2 Å². The van der Waals surface area contributed by atoms with E-state index in [2.05, 4.69) is 5.32 Å². The highest BCUT2D eigenvalue weighted by molar-refractivity contribution is 5.62. The van der Waals surface area contributed by atoms with E-state index in [1.165, 1.54) is 12.8 Å². The van der Waals surface area contributed by atoms with Crippen LogP contribution in [0.3, 0.4) is 0 Å². The molecule has 1 aromatic carbocycles. The number of nitrogens with two attached hydrogens (primary N) is 1. The van der Waals surface area contributed by atoms with Gasteiger partial charge in [-0.3, -0.25) is 0 Å². The second-order valence-corrected chi connectivity index (χ2v) is 5.11. The van der Waals surface area contributed by atoms with Crippen molar-refractivity contribution < 1.29 is 14.2 Å². The summed E-state index contributed by atoms with van der Waals surface area (Å²) in [5, 5.41) is 3.49. The largest absolute Gasteiger partial charge is 0.493 e. The highest BCUT2D eigenvalue weighted by atomic mass is 16.5. The van der Waals surface area contributed by atoms with Gasteiger partial charge in [0.2, 0.25) is 5.75 Å². The number of rotatable bonds is 5. The molecule has 3 N–H and O–H groups in total. The number of anilines is 1. The van der Waals surface area contributed by atoms with Crippen LogP contribution in [0.2, 0.25) is 0 Å². The third kappa shape index (κ3) is 3.10. The number of methoxy groups -OCH3 is 3. The van der Waals surface area contributed by atoms with Crippen LogP contribution < -0.4 is 25.3 Å². The Hall–Kier alpha value is -1.62. The zero-order valence-electron chi connectivity index (χ0n) is 12.4. The molecule has 0 spiro atoms. The van der Waals surface area contributed by atoms with Crippen molar-refractivity contribution in [3.05, 3.63) is 12.1 Å². The second kappa shape index (κ2) is 6.70. The average molecular weight is 280 g/mol. The minimum Gasteiger partial charge on any atom is -0.493 e. The fraction of sp³-hybridized carbons (Fsp3) is 0.600. The molecule has 0 aliphatic heterocycles. The maximum absolute atomic E-state index is 6.17. The lowest BCUT2D eigenvalue weighted by Crippen LogP contribution is -2.42. The van der Waals surface area contributed by atoms with Gasteiger partial charge in [-0.25, -0.2) is 0 Å². The SMILES string of the molecule is COc1cc(N[C@@H]2CCCC[C@H]2N)cc(OC)c1OC. The monoisotopic (exact) mass is 280 g/mol. The first-order valence-electron chi connectivity index (χ1n) is 7.01. The third-order valence-electron chi connectivity index (χ3n) is 3.84. The van der Waals surface area contributed by atoms with Crippen molar-refractivity contribution in [2.24, 2.45) is 5.73 Å². The molecule has 0 saturated heterocycles. The summed E-state index contributed by atoms with van der Waals surface area (Å²) in [5.41, 5.74) is 7.12. The van der Waals surface area contributed by atoms with Gasteiger partial charge in [0.05, 0.1) is 21.3 Å². The molecule has 0 amide bonds. The standard InChI is InChI=1S/C15H24N2O3/c1-18-13-8-10(9-14(19-2)15(13)20-3)17-12-7-5-4-6-11(12)16/h8-9,11-12,17H,4-7,16H2,1-3H3/t11-,12-/m1/s1. The number of hydrogen-bond acceptors (Lipinski definition) is 5. The van der Waals surface area contributed by atoms with E-state index in [1.807, 2.05) is 12.1 Å². The van der Waals surface area contributed by atoms with Crippen molar-refractivity contribution in [3.63, 3.8) is 0 Å². The highest BCUT2D eigenvalue weighted by Crippen LogP contribution is 2.40. The fourth-order valence-corrected chi connectivity index (χ4v) is 2.72. The maximum Gasteiger partial charge on any atom is 0.203 e. The van der Waals surface area contributed by atoms with Gasteiger partial charge in [-0.2, -0.15) is 0 Å². The lowest BCUT2D eigenvalue weighted by molar-refractivity contribution is 0.324. The molecule has 20 heavy (non-hydrogen) atoms. The van der Waals surface area contributed by atoms with E-state index in [4.69, 9.17) is 19.9 Å². The van der Waals surface area contributed by atoms with Gasteiger partial charge in [0, 0.05) is 29.9 Å². The van der Waals surface area contributed by atoms with Crippen molar-refractivity contribution in [1.29, 1.82) is 0 Å². The van der Waals surface area contributed by atoms with Crippen LogP contribution >= 0.6 is 0 Å². The minimum absolute atomic E-state index is 0.197. The Morgan fingerprint density at radius 1 is 1.00 bits per heavy atom. The Labute approximate surface area is 120 Å². The van der Waals surface area contributed by atoms with Crippen molar-refractivity contribution in [2.75, 3.05) is 26.6 Å². The lowest BCUT2D eigenvalue weighted by atomic mass is 9.91. The second-order valence-electron chi connectivity index (χ2n) is 5.11. The van der Waals surface area contributed by atoms with Gasteiger partial charge in [-0.1, -0.05) is 12.8 Å². The number of hydrogen-bond donors (Lipinski definition) is 2. The molecule has 1 aromatic rings. The van der Waals surface area contributed by atoms with Crippen molar-refractivity contribution in [2.45, 2.75) is 37.8 Å². The molecule has 2 atom stereocenters. The van der Waals surface area contributed by atoms with Gasteiger partial charge in [0.15, 0.2) is 11.5 Å². The molecule has 112 valence electrons. The molecule has 1 aliphatic rings. The number of benzene rings is 1. The average Bonchev–Trinajstić information content (AvgIpc) is 2.48. The molecule has 0 heterocycles. The smallest absolute Gasteiger partial charge is 0.203 e. The van der Waals surface area contributed by atoms with Gasteiger partial charge in [-0.05, 0) is 12.8 Å². The summed E-state index contributed by atoms with van der Waals surface area (Å²) in [6, 6.07) is 4.33. The third-order valence-corrected chi connectivity index (χ3v) is 3.84. The van der Waals surface area contributed by atoms with Crippen LogP contribution in [0.1, 0.15) is 25.7 Å². The first kappa shape index (κ1) is 14.8. The summed E-state index contributed by atoms with van der Waals surface area (Å²) in [6.07, 6.45) is 4.60. The summed E-state index contributed by atoms with van der Waals surface area (Å²) < 4.78 is 16.0. The van der Waals surface area contributed by atoms with Gasteiger partial charge in [-0.15, -0.1) is 0 Å². The molecule has 1 aliphatic carbocycles. The molecule has 1 saturated carbocycles. The van der Waals surface area contributed by atoms with Crippen molar-refractivity contribution in [1.82, 2.24) is 0 Å². The Kier molecular flexibility index (Phi) is 4.95. The quantitative estimate of drug-likeness (QED) is 0.867. The van der Waals surface area contributed by atoms with Gasteiger partial charge < -0.3 is 25.3 Å². The van der Waals surface area contributed by atoms with Crippen LogP contribution in [-0.4, -0.2) is 33.4 Å². The van der Waals surface area contributed by atoms with Crippen LogP contribution in [0.4, 0.5) is 5.69 Å². The lowest BCUT2D eigenvalue weighted by Gasteiger charge is -2.30. The molecular formula is C15H24N2O3. The van der Waals surface area contributed by atoms with E-state index >= 15 is 0 Å². The van der Waals surface area contributed by atoms with E-state index in [0.29, 0.717) is 23.3 Å². The summed E-state index contributed by atoms with van der Waals surface area (Å²) in [5.74, 6) is 1.91. The first-order valence-corrected chi connectivity index (χ1v) is 7.01.